The third-order valence-corrected chi connectivity index (χ3v) is 3.81. The summed E-state index contributed by atoms with van der Waals surface area (Å²) in [6, 6.07) is 8.38. The second-order valence-corrected chi connectivity index (χ2v) is 5.92. The van der Waals surface area contributed by atoms with Gasteiger partial charge in [0.2, 0.25) is 5.91 Å². The van der Waals surface area contributed by atoms with Gasteiger partial charge in [-0.05, 0) is 31.0 Å². The molecule has 0 aliphatic carbocycles. The Morgan fingerprint density at radius 1 is 1.41 bits per heavy atom. The minimum atomic E-state index is 0. The van der Waals surface area contributed by atoms with Gasteiger partial charge in [-0.2, -0.15) is 0 Å². The zero-order valence-electron chi connectivity index (χ0n) is 12.6. The fraction of sp³-hybridized carbons (Fsp3) is 0.467. The minimum Gasteiger partial charge on any atom is -0.357 e. The van der Waals surface area contributed by atoms with E-state index in [2.05, 4.69) is 49.0 Å². The smallest absolute Gasteiger partial charge is 0.220 e. The average molecular weight is 481 g/mol. The van der Waals surface area contributed by atoms with Gasteiger partial charge >= 0.3 is 0 Å². The number of nitrogens with one attached hydrogen (secondary N) is 3. The van der Waals surface area contributed by atoms with Gasteiger partial charge < -0.3 is 16.0 Å². The molecule has 1 unspecified atom stereocenters. The van der Waals surface area contributed by atoms with Crippen molar-refractivity contribution in [2.75, 3.05) is 13.1 Å². The van der Waals surface area contributed by atoms with Gasteiger partial charge in [0.25, 0.3) is 0 Å². The molecule has 1 aromatic carbocycles. The largest absolute Gasteiger partial charge is 0.357 e. The molecule has 1 aliphatic heterocycles. The minimum absolute atomic E-state index is 0. The van der Waals surface area contributed by atoms with Gasteiger partial charge in [0.15, 0.2) is 5.96 Å². The molecule has 0 aromatic heterocycles. The molecule has 2 rings (SSSR count). The van der Waals surface area contributed by atoms with E-state index in [4.69, 9.17) is 0 Å². The van der Waals surface area contributed by atoms with Crippen LogP contribution in [0.5, 0.6) is 0 Å². The summed E-state index contributed by atoms with van der Waals surface area (Å²) in [5.74, 6) is 0.923. The molecule has 7 heteroatoms. The molecule has 0 radical (unpaired) electrons. The van der Waals surface area contributed by atoms with E-state index in [9.17, 15) is 4.79 Å². The highest BCUT2D eigenvalue weighted by Gasteiger charge is 2.18. The molecule has 0 saturated carbocycles. The molecule has 1 atom stereocenters. The molecule has 1 aromatic rings. The monoisotopic (exact) mass is 480 g/mol. The van der Waals surface area contributed by atoms with Crippen LogP contribution in [-0.4, -0.2) is 31.0 Å². The van der Waals surface area contributed by atoms with Gasteiger partial charge in [-0.1, -0.05) is 28.1 Å². The number of carbonyl (C=O) groups excluding carboxylic acids is 1. The summed E-state index contributed by atoms with van der Waals surface area (Å²) in [5, 5.41) is 9.48. The van der Waals surface area contributed by atoms with Crippen LogP contribution < -0.4 is 16.0 Å². The SMILES string of the molecule is CCNC(=NCc1ccc(Br)cc1)NC1CCC(=O)NC1.I. The van der Waals surface area contributed by atoms with Crippen molar-refractivity contribution in [1.29, 1.82) is 0 Å². The Morgan fingerprint density at radius 3 is 2.73 bits per heavy atom. The molecular weight excluding hydrogens is 459 g/mol. The molecule has 122 valence electrons. The predicted molar refractivity (Wildman–Crippen MR) is 104 cm³/mol. The van der Waals surface area contributed by atoms with E-state index in [1.807, 2.05) is 19.1 Å². The number of piperidine rings is 1. The number of halogens is 2. The van der Waals surface area contributed by atoms with Crippen LogP contribution in [0.4, 0.5) is 0 Å². The average Bonchev–Trinajstić information content (AvgIpc) is 2.49. The lowest BCUT2D eigenvalue weighted by Crippen LogP contribution is -2.51. The molecule has 1 aliphatic rings. The van der Waals surface area contributed by atoms with Crippen LogP contribution in [-0.2, 0) is 11.3 Å². The third kappa shape index (κ3) is 6.51. The number of nitrogens with zero attached hydrogens (tertiary/aromatic N) is 1. The lowest BCUT2D eigenvalue weighted by Gasteiger charge is -2.25. The van der Waals surface area contributed by atoms with Gasteiger partial charge in [-0.15, -0.1) is 24.0 Å². The van der Waals surface area contributed by atoms with E-state index in [1.54, 1.807) is 0 Å². The molecule has 1 amide bonds. The highest BCUT2D eigenvalue weighted by atomic mass is 127. The fourth-order valence-corrected chi connectivity index (χ4v) is 2.39. The first kappa shape index (κ1) is 19.2. The number of benzene rings is 1. The molecule has 1 saturated heterocycles. The first-order chi connectivity index (χ1) is 10.2. The number of hydrogen-bond donors (Lipinski definition) is 3. The summed E-state index contributed by atoms with van der Waals surface area (Å²) in [7, 11) is 0. The summed E-state index contributed by atoms with van der Waals surface area (Å²) in [6.45, 7) is 4.13. The number of amides is 1. The molecule has 1 fully saturated rings. The van der Waals surface area contributed by atoms with Crippen molar-refractivity contribution in [2.24, 2.45) is 4.99 Å². The highest BCUT2D eigenvalue weighted by molar-refractivity contribution is 14.0. The van der Waals surface area contributed by atoms with Crippen LogP contribution in [0, 0.1) is 0 Å². The molecular formula is C15H22BrIN4O. The highest BCUT2D eigenvalue weighted by Crippen LogP contribution is 2.11. The van der Waals surface area contributed by atoms with Gasteiger partial charge in [0.1, 0.15) is 0 Å². The van der Waals surface area contributed by atoms with E-state index in [1.165, 1.54) is 0 Å². The normalized spacial score (nSPS) is 18.2. The van der Waals surface area contributed by atoms with Crippen molar-refractivity contribution in [2.45, 2.75) is 32.4 Å². The maximum Gasteiger partial charge on any atom is 0.220 e. The van der Waals surface area contributed by atoms with Crippen LogP contribution in [0.3, 0.4) is 0 Å². The van der Waals surface area contributed by atoms with Gasteiger partial charge in [0, 0.05) is 30.0 Å². The van der Waals surface area contributed by atoms with Crippen molar-refractivity contribution < 1.29 is 4.79 Å². The quantitative estimate of drug-likeness (QED) is 0.352. The van der Waals surface area contributed by atoms with Gasteiger partial charge in [0.05, 0.1) is 6.54 Å². The predicted octanol–water partition coefficient (Wildman–Crippen LogP) is 2.40. The molecule has 1 heterocycles. The van der Waals surface area contributed by atoms with Crippen molar-refractivity contribution in [3.63, 3.8) is 0 Å². The van der Waals surface area contributed by atoms with E-state index in [0.29, 0.717) is 19.5 Å². The topological polar surface area (TPSA) is 65.5 Å². The molecule has 3 N–H and O–H groups in total. The van der Waals surface area contributed by atoms with E-state index < -0.39 is 0 Å². The molecule has 22 heavy (non-hydrogen) atoms. The van der Waals surface area contributed by atoms with Crippen molar-refractivity contribution in [1.82, 2.24) is 16.0 Å². The van der Waals surface area contributed by atoms with Gasteiger partial charge in [-0.25, -0.2) is 4.99 Å². The summed E-state index contributed by atoms with van der Waals surface area (Å²) in [4.78, 5) is 15.8. The lowest BCUT2D eigenvalue weighted by molar-refractivity contribution is -0.122. The van der Waals surface area contributed by atoms with Crippen LogP contribution in [0.15, 0.2) is 33.7 Å². The second-order valence-electron chi connectivity index (χ2n) is 5.01. The Balaban J connectivity index is 0.00000242. The zero-order chi connectivity index (χ0) is 15.1. The first-order valence-corrected chi connectivity index (χ1v) is 8.02. The van der Waals surface area contributed by atoms with Crippen LogP contribution in [0.1, 0.15) is 25.3 Å². The molecule has 5 nitrogen and oxygen atoms in total. The van der Waals surface area contributed by atoms with Crippen molar-refractivity contribution >= 4 is 51.8 Å². The van der Waals surface area contributed by atoms with Crippen molar-refractivity contribution in [3.8, 4) is 0 Å². The maximum atomic E-state index is 11.2. The number of hydrogen-bond acceptors (Lipinski definition) is 2. The lowest BCUT2D eigenvalue weighted by atomic mass is 10.1. The van der Waals surface area contributed by atoms with E-state index >= 15 is 0 Å². The first-order valence-electron chi connectivity index (χ1n) is 7.23. The Bertz CT molecular complexity index is 497. The second kappa shape index (κ2) is 10.0. The zero-order valence-corrected chi connectivity index (χ0v) is 16.5. The standard InChI is InChI=1S/C15H21BrN4O.HI/c1-2-17-15(20-13-7-8-14(21)18-10-13)19-9-11-3-5-12(16)6-4-11;/h3-6,13H,2,7-10H2,1H3,(H,18,21)(H2,17,19,20);1H. The Kier molecular flexibility index (Phi) is 8.77. The van der Waals surface area contributed by atoms with Crippen molar-refractivity contribution in [3.05, 3.63) is 34.3 Å². The maximum absolute atomic E-state index is 11.2. The number of aliphatic imine (C=N–C) groups is 1. The number of guanidine groups is 1. The molecule has 0 spiro atoms. The number of carbonyl (C=O) groups is 1. The molecule has 0 bridgehead atoms. The van der Waals surface area contributed by atoms with Gasteiger partial charge in [-0.3, -0.25) is 4.79 Å². The Labute approximate surface area is 156 Å². The fourth-order valence-electron chi connectivity index (χ4n) is 2.13. The summed E-state index contributed by atoms with van der Waals surface area (Å²) >= 11 is 3.43. The van der Waals surface area contributed by atoms with Crippen LogP contribution in [0.25, 0.3) is 0 Å². The summed E-state index contributed by atoms with van der Waals surface area (Å²) < 4.78 is 1.07. The van der Waals surface area contributed by atoms with Crippen LogP contribution >= 0.6 is 39.9 Å². The van der Waals surface area contributed by atoms with E-state index in [0.717, 1.165) is 29.0 Å². The Hall–Kier alpha value is -0.830. The summed E-state index contributed by atoms with van der Waals surface area (Å²) in [6.07, 6.45) is 1.41. The van der Waals surface area contributed by atoms with E-state index in [-0.39, 0.29) is 35.9 Å². The number of rotatable bonds is 4. The van der Waals surface area contributed by atoms with Crippen LogP contribution in [0.2, 0.25) is 0 Å². The summed E-state index contributed by atoms with van der Waals surface area (Å²) in [5.41, 5.74) is 1.16. The Morgan fingerprint density at radius 2 is 2.14 bits per heavy atom. The third-order valence-electron chi connectivity index (χ3n) is 3.28.